The van der Waals surface area contributed by atoms with Crippen LogP contribution in [0.2, 0.25) is 0 Å². The van der Waals surface area contributed by atoms with E-state index in [1.807, 2.05) is 0 Å². The second-order valence-corrected chi connectivity index (χ2v) is 4.28. The number of nitro benzene ring substituents is 1. The summed E-state index contributed by atoms with van der Waals surface area (Å²) >= 11 is 0. The van der Waals surface area contributed by atoms with Crippen LogP contribution < -0.4 is 4.74 Å². The van der Waals surface area contributed by atoms with Crippen molar-refractivity contribution in [1.82, 2.24) is 0 Å². The molecular weight excluding hydrogens is 281 g/mol. The van der Waals surface area contributed by atoms with Crippen molar-refractivity contribution >= 4 is 11.7 Å². The minimum Gasteiger partial charge on any atom is -0.478 e. The number of aromatic carboxylic acids is 1. The van der Waals surface area contributed by atoms with Crippen molar-refractivity contribution in [2.24, 2.45) is 0 Å². The van der Waals surface area contributed by atoms with Crippen LogP contribution in [-0.2, 0) is 0 Å². The molecule has 0 aliphatic carbocycles. The Bertz CT molecular complexity index is 729. The van der Waals surface area contributed by atoms with Gasteiger partial charge in [-0.3, -0.25) is 10.1 Å². The molecule has 1 N–H and O–H groups in total. The highest BCUT2D eigenvalue weighted by Gasteiger charge is 2.17. The van der Waals surface area contributed by atoms with E-state index < -0.39 is 22.3 Å². The fourth-order valence-electron chi connectivity index (χ4n) is 1.72. The van der Waals surface area contributed by atoms with Gasteiger partial charge in [0.1, 0.15) is 11.6 Å². The van der Waals surface area contributed by atoms with E-state index in [9.17, 15) is 19.3 Å². The first kappa shape index (κ1) is 14.4. The van der Waals surface area contributed by atoms with Gasteiger partial charge >= 0.3 is 11.7 Å². The second-order valence-electron chi connectivity index (χ2n) is 4.28. The number of aryl methyl sites for hydroxylation is 1. The summed E-state index contributed by atoms with van der Waals surface area (Å²) < 4.78 is 18.8. The second kappa shape index (κ2) is 5.58. The lowest BCUT2D eigenvalue weighted by molar-refractivity contribution is -0.385. The SMILES string of the molecule is Cc1ccc(Oc2ccc(C(=O)O)c(F)c2)c([N+](=O)[O-])c1. The van der Waals surface area contributed by atoms with Crippen molar-refractivity contribution in [2.75, 3.05) is 0 Å². The van der Waals surface area contributed by atoms with Crippen LogP contribution in [-0.4, -0.2) is 16.0 Å². The van der Waals surface area contributed by atoms with E-state index in [1.165, 1.54) is 18.2 Å². The highest BCUT2D eigenvalue weighted by Crippen LogP contribution is 2.32. The number of nitrogens with zero attached hydrogens (tertiary/aromatic N) is 1. The third-order valence-electron chi connectivity index (χ3n) is 2.71. The van der Waals surface area contributed by atoms with Crippen LogP contribution in [0.25, 0.3) is 0 Å². The number of rotatable bonds is 4. The maximum atomic E-state index is 13.5. The van der Waals surface area contributed by atoms with E-state index in [2.05, 4.69) is 0 Å². The van der Waals surface area contributed by atoms with E-state index in [4.69, 9.17) is 9.84 Å². The topological polar surface area (TPSA) is 89.7 Å². The molecule has 0 fully saturated rings. The lowest BCUT2D eigenvalue weighted by Gasteiger charge is -2.07. The van der Waals surface area contributed by atoms with E-state index in [0.717, 1.165) is 12.1 Å². The molecule has 2 aromatic rings. The summed E-state index contributed by atoms with van der Waals surface area (Å²) in [5.74, 6) is -2.45. The molecule has 0 spiro atoms. The fraction of sp³-hybridized carbons (Fsp3) is 0.0714. The number of hydrogen-bond donors (Lipinski definition) is 1. The average Bonchev–Trinajstić information content (AvgIpc) is 2.40. The third-order valence-corrected chi connectivity index (χ3v) is 2.71. The molecular formula is C14H10FNO5. The number of halogens is 1. The number of hydrogen-bond acceptors (Lipinski definition) is 4. The average molecular weight is 291 g/mol. The van der Waals surface area contributed by atoms with Gasteiger partial charge in [-0.05, 0) is 30.7 Å². The van der Waals surface area contributed by atoms with Gasteiger partial charge in [0.2, 0.25) is 5.75 Å². The molecule has 21 heavy (non-hydrogen) atoms. The summed E-state index contributed by atoms with van der Waals surface area (Å²) in [4.78, 5) is 21.0. The van der Waals surface area contributed by atoms with Crippen molar-refractivity contribution < 1.29 is 24.0 Å². The maximum Gasteiger partial charge on any atom is 0.338 e. The highest BCUT2D eigenvalue weighted by atomic mass is 19.1. The summed E-state index contributed by atoms with van der Waals surface area (Å²) in [7, 11) is 0. The molecule has 0 saturated heterocycles. The first-order valence-electron chi connectivity index (χ1n) is 5.84. The molecule has 0 heterocycles. The van der Waals surface area contributed by atoms with Gasteiger partial charge < -0.3 is 9.84 Å². The molecule has 0 amide bonds. The van der Waals surface area contributed by atoms with Gasteiger partial charge in [-0.15, -0.1) is 0 Å². The van der Waals surface area contributed by atoms with Gasteiger partial charge in [-0.25, -0.2) is 9.18 Å². The number of carbonyl (C=O) groups is 1. The zero-order valence-electron chi connectivity index (χ0n) is 10.9. The van der Waals surface area contributed by atoms with Crippen LogP contribution in [0.1, 0.15) is 15.9 Å². The smallest absolute Gasteiger partial charge is 0.338 e. The van der Waals surface area contributed by atoms with E-state index >= 15 is 0 Å². The van der Waals surface area contributed by atoms with Crippen molar-refractivity contribution in [3.63, 3.8) is 0 Å². The lowest BCUT2D eigenvalue weighted by atomic mass is 10.2. The molecule has 0 aromatic heterocycles. The Morgan fingerprint density at radius 3 is 2.57 bits per heavy atom. The van der Waals surface area contributed by atoms with E-state index in [1.54, 1.807) is 13.0 Å². The monoisotopic (exact) mass is 291 g/mol. The number of carboxylic acid groups (broad SMARTS) is 1. The number of ether oxygens (including phenoxy) is 1. The van der Waals surface area contributed by atoms with Crippen LogP contribution in [0.5, 0.6) is 11.5 Å². The van der Waals surface area contributed by atoms with Crippen molar-refractivity contribution in [3.8, 4) is 11.5 Å². The van der Waals surface area contributed by atoms with Crippen LogP contribution in [0, 0.1) is 22.9 Å². The lowest BCUT2D eigenvalue weighted by Crippen LogP contribution is -2.00. The minimum absolute atomic E-state index is 0.0237. The first-order valence-corrected chi connectivity index (χ1v) is 5.84. The molecule has 2 rings (SSSR count). The predicted octanol–water partition coefficient (Wildman–Crippen LogP) is 3.53. The predicted molar refractivity (Wildman–Crippen MR) is 71.3 cm³/mol. The van der Waals surface area contributed by atoms with Gasteiger partial charge in [-0.1, -0.05) is 6.07 Å². The molecule has 6 nitrogen and oxygen atoms in total. The van der Waals surface area contributed by atoms with Gasteiger partial charge in [0.15, 0.2) is 0 Å². The molecule has 108 valence electrons. The summed E-state index contributed by atoms with van der Waals surface area (Å²) in [6.07, 6.45) is 0. The van der Waals surface area contributed by atoms with E-state index in [0.29, 0.717) is 5.56 Å². The minimum atomic E-state index is -1.40. The molecule has 0 saturated carbocycles. The fourth-order valence-corrected chi connectivity index (χ4v) is 1.72. The Kier molecular flexibility index (Phi) is 3.84. The summed E-state index contributed by atoms with van der Waals surface area (Å²) in [6, 6.07) is 7.48. The van der Waals surface area contributed by atoms with Crippen molar-refractivity contribution in [3.05, 3.63) is 63.5 Å². The van der Waals surface area contributed by atoms with Crippen molar-refractivity contribution in [2.45, 2.75) is 6.92 Å². The summed E-state index contributed by atoms with van der Waals surface area (Å²) in [5, 5.41) is 19.7. The van der Waals surface area contributed by atoms with Crippen molar-refractivity contribution in [1.29, 1.82) is 0 Å². The molecule has 0 bridgehead atoms. The Balaban J connectivity index is 2.37. The Morgan fingerprint density at radius 1 is 1.29 bits per heavy atom. The largest absolute Gasteiger partial charge is 0.478 e. The van der Waals surface area contributed by atoms with Crippen LogP contribution >= 0.6 is 0 Å². The number of carboxylic acids is 1. The Labute approximate surface area is 118 Å². The van der Waals surface area contributed by atoms with Crippen LogP contribution in [0.15, 0.2) is 36.4 Å². The maximum absolute atomic E-state index is 13.5. The molecule has 7 heteroatoms. The third kappa shape index (κ3) is 3.14. The first-order chi connectivity index (χ1) is 9.88. The number of benzene rings is 2. The zero-order chi connectivity index (χ0) is 15.6. The zero-order valence-corrected chi connectivity index (χ0v) is 10.9. The summed E-state index contributed by atoms with van der Waals surface area (Å²) in [6.45, 7) is 1.69. The van der Waals surface area contributed by atoms with E-state index in [-0.39, 0.29) is 17.2 Å². The molecule has 0 aliphatic rings. The molecule has 0 radical (unpaired) electrons. The van der Waals surface area contributed by atoms with Crippen LogP contribution in [0.4, 0.5) is 10.1 Å². The normalized spacial score (nSPS) is 10.2. The summed E-state index contributed by atoms with van der Waals surface area (Å²) in [5.41, 5.74) is -0.0695. The Hall–Kier alpha value is -2.96. The van der Waals surface area contributed by atoms with Gasteiger partial charge in [-0.2, -0.15) is 0 Å². The number of nitro groups is 1. The van der Waals surface area contributed by atoms with Gasteiger partial charge in [0.25, 0.3) is 0 Å². The standard InChI is InChI=1S/C14H10FNO5/c1-8-2-5-13(12(6-8)16(19)20)21-9-3-4-10(14(17)18)11(15)7-9/h2-7H,1H3,(H,17,18). The van der Waals surface area contributed by atoms with Gasteiger partial charge in [0.05, 0.1) is 10.5 Å². The molecule has 0 atom stereocenters. The molecule has 2 aromatic carbocycles. The quantitative estimate of drug-likeness (QED) is 0.687. The Morgan fingerprint density at radius 2 is 2.00 bits per heavy atom. The van der Waals surface area contributed by atoms with Gasteiger partial charge in [0, 0.05) is 12.1 Å². The molecule has 0 aliphatic heterocycles. The van der Waals surface area contributed by atoms with Crippen LogP contribution in [0.3, 0.4) is 0 Å². The molecule has 0 unspecified atom stereocenters. The highest BCUT2D eigenvalue weighted by molar-refractivity contribution is 5.88.